The fourth-order valence-corrected chi connectivity index (χ4v) is 2.89. The molecular weight excluding hydrogens is 280 g/mol. The molecule has 1 aliphatic heterocycles. The minimum absolute atomic E-state index is 0.0367. The molecule has 0 aromatic heterocycles. The van der Waals surface area contributed by atoms with Gasteiger partial charge in [-0.1, -0.05) is 18.2 Å². The van der Waals surface area contributed by atoms with E-state index in [1.54, 1.807) is 0 Å². The zero-order chi connectivity index (χ0) is 15.9. The van der Waals surface area contributed by atoms with Crippen molar-refractivity contribution in [1.29, 1.82) is 0 Å². The third kappa shape index (κ3) is 4.45. The third-order valence-electron chi connectivity index (χ3n) is 4.14. The summed E-state index contributed by atoms with van der Waals surface area (Å²) in [5.41, 5.74) is 2.60. The molecule has 0 saturated carbocycles. The summed E-state index contributed by atoms with van der Waals surface area (Å²) >= 11 is 0. The number of hydrogen-bond donors (Lipinski definition) is 2. The van der Waals surface area contributed by atoms with Gasteiger partial charge in [0, 0.05) is 38.3 Å². The third-order valence-corrected chi connectivity index (χ3v) is 4.14. The van der Waals surface area contributed by atoms with Gasteiger partial charge in [0.25, 0.3) is 0 Å². The minimum Gasteiger partial charge on any atom is -0.389 e. The van der Waals surface area contributed by atoms with Crippen molar-refractivity contribution < 1.29 is 14.6 Å². The lowest BCUT2D eigenvalue weighted by Gasteiger charge is -2.37. The quantitative estimate of drug-likeness (QED) is 0.798. The van der Waals surface area contributed by atoms with Crippen LogP contribution >= 0.6 is 0 Å². The number of fused-ring (bicyclic) bond motifs is 1. The molecule has 0 fully saturated rings. The van der Waals surface area contributed by atoms with Gasteiger partial charge in [0.2, 0.25) is 5.91 Å². The maximum absolute atomic E-state index is 11.9. The van der Waals surface area contributed by atoms with Crippen molar-refractivity contribution >= 4 is 11.6 Å². The van der Waals surface area contributed by atoms with Crippen LogP contribution in [0.4, 0.5) is 5.69 Å². The van der Waals surface area contributed by atoms with Crippen LogP contribution in [0.15, 0.2) is 24.3 Å². The number of rotatable bonds is 7. The maximum atomic E-state index is 11.9. The Bertz CT molecular complexity index is 493. The lowest BCUT2D eigenvalue weighted by Crippen LogP contribution is -2.41. The molecule has 2 N–H and O–H groups in total. The number of benzene rings is 1. The van der Waals surface area contributed by atoms with E-state index < -0.39 is 6.10 Å². The first kappa shape index (κ1) is 16.8. The van der Waals surface area contributed by atoms with Crippen molar-refractivity contribution in [1.82, 2.24) is 5.32 Å². The van der Waals surface area contributed by atoms with Crippen LogP contribution in [0.5, 0.6) is 0 Å². The zero-order valence-corrected chi connectivity index (χ0v) is 13.4. The molecule has 0 bridgehead atoms. The summed E-state index contributed by atoms with van der Waals surface area (Å²) in [6.07, 6.45) is 2.00. The monoisotopic (exact) mass is 306 g/mol. The van der Waals surface area contributed by atoms with Gasteiger partial charge in [-0.25, -0.2) is 0 Å². The van der Waals surface area contributed by atoms with Crippen LogP contribution in [0.1, 0.15) is 25.3 Å². The highest BCUT2D eigenvalue weighted by Gasteiger charge is 2.22. The second kappa shape index (κ2) is 8.15. The molecule has 22 heavy (non-hydrogen) atoms. The van der Waals surface area contributed by atoms with Crippen molar-refractivity contribution in [3.8, 4) is 0 Å². The lowest BCUT2D eigenvalue weighted by molar-refractivity contribution is -0.121. The molecule has 5 nitrogen and oxygen atoms in total. The predicted octanol–water partition coefficient (Wildman–Crippen LogP) is 1.34. The molecule has 2 rings (SSSR count). The summed E-state index contributed by atoms with van der Waals surface area (Å²) in [4.78, 5) is 14.2. The summed E-state index contributed by atoms with van der Waals surface area (Å²) in [6.45, 7) is 3.37. The Labute approximate surface area is 132 Å². The number of hydrogen-bond acceptors (Lipinski definition) is 4. The highest BCUT2D eigenvalue weighted by atomic mass is 16.5. The summed E-state index contributed by atoms with van der Waals surface area (Å²) in [5.74, 6) is -0.0367. The molecule has 5 heteroatoms. The van der Waals surface area contributed by atoms with Gasteiger partial charge in [0.1, 0.15) is 0 Å². The van der Waals surface area contributed by atoms with Crippen LogP contribution in [0.25, 0.3) is 0 Å². The number of ether oxygens (including phenoxy) is 1. The van der Waals surface area contributed by atoms with E-state index in [0.717, 1.165) is 12.8 Å². The van der Waals surface area contributed by atoms with Crippen molar-refractivity contribution in [2.75, 3.05) is 31.7 Å². The fourth-order valence-electron chi connectivity index (χ4n) is 2.89. The number of amides is 1. The van der Waals surface area contributed by atoms with Crippen molar-refractivity contribution in [2.45, 2.75) is 38.3 Å². The molecule has 0 radical (unpaired) electrons. The van der Waals surface area contributed by atoms with E-state index in [4.69, 9.17) is 4.74 Å². The first-order valence-electron chi connectivity index (χ1n) is 7.90. The number of aliphatic hydroxyl groups excluding tert-OH is 1. The van der Waals surface area contributed by atoms with Crippen LogP contribution in [0.3, 0.4) is 0 Å². The summed E-state index contributed by atoms with van der Waals surface area (Å²) in [7, 11) is 1.53. The Kier molecular flexibility index (Phi) is 6.21. The number of aryl methyl sites for hydroxylation is 1. The van der Waals surface area contributed by atoms with Gasteiger partial charge < -0.3 is 20.1 Å². The first-order valence-corrected chi connectivity index (χ1v) is 7.90. The summed E-state index contributed by atoms with van der Waals surface area (Å²) < 4.78 is 4.83. The number of anilines is 1. The number of carbonyl (C=O) groups excluding carboxylic acids is 1. The molecule has 0 aliphatic carbocycles. The van der Waals surface area contributed by atoms with E-state index in [-0.39, 0.29) is 19.1 Å². The van der Waals surface area contributed by atoms with Gasteiger partial charge >= 0.3 is 0 Å². The van der Waals surface area contributed by atoms with Gasteiger partial charge in [-0.3, -0.25) is 4.79 Å². The standard InChI is InChI=1S/C17H26N2O3/c1-13-7-8-14-5-3-4-6-16(14)19(13)10-9-17(21)18-11-15(20)12-22-2/h3-6,13,15,20H,7-12H2,1-2H3,(H,18,21). The number of aliphatic hydroxyl groups is 1. The smallest absolute Gasteiger partial charge is 0.221 e. The van der Waals surface area contributed by atoms with E-state index in [1.165, 1.54) is 18.4 Å². The minimum atomic E-state index is -0.649. The van der Waals surface area contributed by atoms with Crippen molar-refractivity contribution in [3.63, 3.8) is 0 Å². The SMILES string of the molecule is COCC(O)CNC(=O)CCN1c2ccccc2CCC1C. The highest BCUT2D eigenvalue weighted by molar-refractivity contribution is 5.76. The van der Waals surface area contributed by atoms with E-state index in [9.17, 15) is 9.90 Å². The number of carbonyl (C=O) groups is 1. The number of nitrogens with zero attached hydrogens (tertiary/aromatic N) is 1. The second-order valence-corrected chi connectivity index (χ2v) is 5.87. The zero-order valence-electron chi connectivity index (χ0n) is 13.4. The Balaban J connectivity index is 1.84. The van der Waals surface area contributed by atoms with E-state index in [0.29, 0.717) is 19.0 Å². The molecule has 122 valence electrons. The second-order valence-electron chi connectivity index (χ2n) is 5.87. The molecular formula is C17H26N2O3. The normalized spacial score (nSPS) is 18.7. The number of methoxy groups -OCH3 is 1. The van der Waals surface area contributed by atoms with Crippen LogP contribution in [0.2, 0.25) is 0 Å². The summed E-state index contributed by atoms with van der Waals surface area (Å²) in [6, 6.07) is 8.85. The largest absolute Gasteiger partial charge is 0.389 e. The number of para-hydroxylation sites is 1. The van der Waals surface area contributed by atoms with Gasteiger partial charge in [-0.15, -0.1) is 0 Å². The molecule has 2 unspecified atom stereocenters. The molecule has 1 aromatic rings. The maximum Gasteiger partial charge on any atom is 0.221 e. The molecule has 0 spiro atoms. The molecule has 2 atom stereocenters. The van der Waals surface area contributed by atoms with Gasteiger partial charge in [0.15, 0.2) is 0 Å². The molecule has 1 heterocycles. The van der Waals surface area contributed by atoms with Crippen LogP contribution in [-0.2, 0) is 16.0 Å². The van der Waals surface area contributed by atoms with E-state index >= 15 is 0 Å². The molecule has 1 aromatic carbocycles. The van der Waals surface area contributed by atoms with Gasteiger partial charge in [-0.2, -0.15) is 0 Å². The lowest BCUT2D eigenvalue weighted by atomic mass is 9.96. The fraction of sp³-hybridized carbons (Fsp3) is 0.588. The van der Waals surface area contributed by atoms with Crippen LogP contribution in [-0.4, -0.2) is 50.0 Å². The van der Waals surface area contributed by atoms with Gasteiger partial charge in [-0.05, 0) is 31.4 Å². The first-order chi connectivity index (χ1) is 10.6. The van der Waals surface area contributed by atoms with Crippen molar-refractivity contribution in [3.05, 3.63) is 29.8 Å². The Hall–Kier alpha value is -1.59. The van der Waals surface area contributed by atoms with E-state index in [2.05, 4.69) is 35.3 Å². The summed E-state index contributed by atoms with van der Waals surface area (Å²) in [5, 5.41) is 12.3. The highest BCUT2D eigenvalue weighted by Crippen LogP contribution is 2.30. The van der Waals surface area contributed by atoms with Crippen molar-refractivity contribution in [2.24, 2.45) is 0 Å². The molecule has 1 amide bonds. The average Bonchev–Trinajstić information content (AvgIpc) is 2.52. The van der Waals surface area contributed by atoms with Crippen LogP contribution in [0, 0.1) is 0 Å². The topological polar surface area (TPSA) is 61.8 Å². The molecule has 1 aliphatic rings. The van der Waals surface area contributed by atoms with Gasteiger partial charge in [0.05, 0.1) is 12.7 Å². The number of nitrogens with one attached hydrogen (secondary N) is 1. The Morgan fingerprint density at radius 3 is 3.05 bits per heavy atom. The predicted molar refractivity (Wildman–Crippen MR) is 87.1 cm³/mol. The van der Waals surface area contributed by atoms with E-state index in [1.807, 2.05) is 6.07 Å². The average molecular weight is 306 g/mol. The Morgan fingerprint density at radius 1 is 1.50 bits per heavy atom. The van der Waals surface area contributed by atoms with Crippen LogP contribution < -0.4 is 10.2 Å². The molecule has 0 saturated heterocycles. The Morgan fingerprint density at radius 2 is 2.27 bits per heavy atom.